The van der Waals surface area contributed by atoms with E-state index in [-0.39, 0.29) is 0 Å². The van der Waals surface area contributed by atoms with Gasteiger partial charge in [0.25, 0.3) is 0 Å². The average molecular weight is 208 g/mol. The minimum absolute atomic E-state index is 0.439. The molecule has 2 rings (SSSR count). The van der Waals surface area contributed by atoms with E-state index in [1.165, 1.54) is 38.5 Å². The molecule has 0 saturated heterocycles. The smallest absolute Gasteiger partial charge is 0.168 e. The molecule has 1 aliphatic carbocycles. The second-order valence-electron chi connectivity index (χ2n) is 4.54. The van der Waals surface area contributed by atoms with Crippen LogP contribution in [0.15, 0.2) is 0 Å². The Labute approximate surface area is 90.4 Å². The molecule has 5 N–H and O–H groups in total. The third-order valence-corrected chi connectivity index (χ3v) is 3.44. The van der Waals surface area contributed by atoms with Gasteiger partial charge in [-0.15, -0.1) is 0 Å². The Kier molecular flexibility index (Phi) is 3.14. The fourth-order valence-corrected chi connectivity index (χ4v) is 2.42. The second-order valence-corrected chi connectivity index (χ2v) is 4.54. The maximum atomic E-state index is 5.80. The number of nitrogen functional groups attached to an aromatic ring is 2. The highest BCUT2D eigenvalue weighted by Crippen LogP contribution is 2.28. The van der Waals surface area contributed by atoms with E-state index >= 15 is 0 Å². The zero-order chi connectivity index (χ0) is 10.7. The molecule has 4 heteroatoms. The highest BCUT2D eigenvalue weighted by Gasteiger charge is 2.15. The van der Waals surface area contributed by atoms with Crippen molar-refractivity contribution in [2.75, 3.05) is 11.5 Å². The highest BCUT2D eigenvalue weighted by atomic mass is 15.2. The molecule has 1 aromatic heterocycles. The minimum atomic E-state index is 0.439. The van der Waals surface area contributed by atoms with Gasteiger partial charge >= 0.3 is 0 Å². The molecule has 15 heavy (non-hydrogen) atoms. The maximum Gasteiger partial charge on any atom is 0.168 e. The topological polar surface area (TPSA) is 80.7 Å². The zero-order valence-electron chi connectivity index (χ0n) is 9.13. The minimum Gasteiger partial charge on any atom is -0.394 e. The van der Waals surface area contributed by atoms with E-state index < -0.39 is 0 Å². The van der Waals surface area contributed by atoms with Gasteiger partial charge in [-0.05, 0) is 18.8 Å². The summed E-state index contributed by atoms with van der Waals surface area (Å²) in [7, 11) is 0. The lowest BCUT2D eigenvalue weighted by molar-refractivity contribution is 0.338. The van der Waals surface area contributed by atoms with Crippen molar-refractivity contribution < 1.29 is 0 Å². The van der Waals surface area contributed by atoms with Crippen molar-refractivity contribution >= 4 is 11.5 Å². The van der Waals surface area contributed by atoms with Crippen LogP contribution in [-0.2, 0) is 6.42 Å². The Morgan fingerprint density at radius 2 is 1.93 bits per heavy atom. The van der Waals surface area contributed by atoms with Gasteiger partial charge in [0.05, 0.1) is 11.4 Å². The van der Waals surface area contributed by atoms with Crippen LogP contribution in [0.5, 0.6) is 0 Å². The summed E-state index contributed by atoms with van der Waals surface area (Å²) in [5, 5.41) is 6.82. The molecule has 4 nitrogen and oxygen atoms in total. The quantitative estimate of drug-likeness (QED) is 0.711. The van der Waals surface area contributed by atoms with Crippen molar-refractivity contribution in [1.29, 1.82) is 0 Å². The lowest BCUT2D eigenvalue weighted by atomic mass is 9.86. The Balaban J connectivity index is 1.84. The predicted octanol–water partition coefficient (Wildman–Crippen LogP) is 2.09. The number of rotatable bonds is 3. The van der Waals surface area contributed by atoms with Crippen molar-refractivity contribution in [2.45, 2.75) is 44.9 Å². The van der Waals surface area contributed by atoms with Gasteiger partial charge in [-0.1, -0.05) is 32.1 Å². The fourth-order valence-electron chi connectivity index (χ4n) is 2.42. The van der Waals surface area contributed by atoms with E-state index in [0.717, 1.165) is 18.0 Å². The third-order valence-electron chi connectivity index (χ3n) is 3.44. The first-order chi connectivity index (χ1) is 7.27. The van der Waals surface area contributed by atoms with E-state index in [4.69, 9.17) is 11.5 Å². The van der Waals surface area contributed by atoms with Crippen LogP contribution in [0.1, 0.15) is 44.2 Å². The normalized spacial score (nSPS) is 18.1. The van der Waals surface area contributed by atoms with Crippen molar-refractivity contribution in [3.63, 3.8) is 0 Å². The molecule has 0 radical (unpaired) electrons. The second kappa shape index (κ2) is 4.55. The van der Waals surface area contributed by atoms with Gasteiger partial charge in [0, 0.05) is 0 Å². The summed E-state index contributed by atoms with van der Waals surface area (Å²) >= 11 is 0. The van der Waals surface area contributed by atoms with Crippen LogP contribution in [0.2, 0.25) is 0 Å². The van der Waals surface area contributed by atoms with Crippen molar-refractivity contribution in [2.24, 2.45) is 5.92 Å². The molecule has 1 aliphatic rings. The van der Waals surface area contributed by atoms with Crippen molar-refractivity contribution in [3.05, 3.63) is 5.69 Å². The number of anilines is 2. The molecule has 0 amide bonds. The van der Waals surface area contributed by atoms with E-state index in [1.807, 2.05) is 0 Å². The first-order valence-corrected chi connectivity index (χ1v) is 5.85. The molecule has 1 fully saturated rings. The number of hydrogen-bond acceptors (Lipinski definition) is 3. The lowest BCUT2D eigenvalue weighted by Crippen LogP contribution is -2.08. The van der Waals surface area contributed by atoms with E-state index in [2.05, 4.69) is 10.2 Å². The molecule has 0 aromatic carbocycles. The van der Waals surface area contributed by atoms with Gasteiger partial charge in [0.2, 0.25) is 0 Å². The molecular weight excluding hydrogens is 188 g/mol. The summed E-state index contributed by atoms with van der Waals surface area (Å²) in [6.07, 6.45) is 9.16. The molecule has 0 atom stereocenters. The Bertz CT molecular complexity index is 312. The van der Waals surface area contributed by atoms with Crippen LogP contribution in [-0.4, -0.2) is 10.2 Å². The largest absolute Gasteiger partial charge is 0.394 e. The summed E-state index contributed by atoms with van der Waals surface area (Å²) in [6.45, 7) is 0. The lowest BCUT2D eigenvalue weighted by Gasteiger charge is -2.20. The first-order valence-electron chi connectivity index (χ1n) is 5.85. The van der Waals surface area contributed by atoms with E-state index in [9.17, 15) is 0 Å². The van der Waals surface area contributed by atoms with Gasteiger partial charge in [0.1, 0.15) is 0 Å². The number of nitrogens with zero attached hydrogens (tertiary/aromatic N) is 1. The number of aromatic amines is 1. The number of nitrogens with one attached hydrogen (secondary N) is 1. The SMILES string of the molecule is Nc1n[nH]c(CCC2CCCCC2)c1N. The molecule has 1 saturated carbocycles. The number of H-pyrrole nitrogens is 1. The monoisotopic (exact) mass is 208 g/mol. The summed E-state index contributed by atoms with van der Waals surface area (Å²) in [5.41, 5.74) is 13.0. The third kappa shape index (κ3) is 2.43. The molecular formula is C11H20N4. The number of hydrogen-bond donors (Lipinski definition) is 3. The van der Waals surface area contributed by atoms with Crippen LogP contribution in [0.25, 0.3) is 0 Å². The van der Waals surface area contributed by atoms with Crippen LogP contribution in [0.3, 0.4) is 0 Å². The van der Waals surface area contributed by atoms with Crippen molar-refractivity contribution in [3.8, 4) is 0 Å². The van der Waals surface area contributed by atoms with Crippen LogP contribution in [0.4, 0.5) is 11.5 Å². The molecule has 1 aromatic rings. The Hall–Kier alpha value is -1.19. The number of nitrogens with two attached hydrogens (primary N) is 2. The van der Waals surface area contributed by atoms with Crippen molar-refractivity contribution in [1.82, 2.24) is 10.2 Å². The highest BCUT2D eigenvalue weighted by molar-refractivity contribution is 5.61. The van der Waals surface area contributed by atoms with Crippen LogP contribution in [0, 0.1) is 5.92 Å². The Morgan fingerprint density at radius 3 is 2.53 bits per heavy atom. The summed E-state index contributed by atoms with van der Waals surface area (Å²) in [5.74, 6) is 1.32. The number of aryl methyl sites for hydroxylation is 1. The zero-order valence-corrected chi connectivity index (χ0v) is 9.13. The summed E-state index contributed by atoms with van der Waals surface area (Å²) in [4.78, 5) is 0. The number of aromatic nitrogens is 2. The first kappa shape index (κ1) is 10.3. The fraction of sp³-hybridized carbons (Fsp3) is 0.727. The molecule has 0 bridgehead atoms. The summed E-state index contributed by atoms with van der Waals surface area (Å²) in [6, 6.07) is 0. The van der Waals surface area contributed by atoms with Gasteiger partial charge in [0.15, 0.2) is 5.82 Å². The summed E-state index contributed by atoms with van der Waals surface area (Å²) < 4.78 is 0. The molecule has 0 spiro atoms. The molecule has 0 unspecified atom stereocenters. The molecule has 84 valence electrons. The van der Waals surface area contributed by atoms with Crippen LogP contribution >= 0.6 is 0 Å². The standard InChI is InChI=1S/C11H20N4/c12-10-9(14-15-11(10)13)7-6-8-4-2-1-3-5-8/h8H,1-7,12H2,(H3,13,14,15). The average Bonchev–Trinajstić information content (AvgIpc) is 2.59. The Morgan fingerprint density at radius 1 is 1.20 bits per heavy atom. The molecule has 1 heterocycles. The molecule has 0 aliphatic heterocycles. The van der Waals surface area contributed by atoms with Gasteiger partial charge in [-0.2, -0.15) is 5.10 Å². The maximum absolute atomic E-state index is 5.80. The predicted molar refractivity (Wildman–Crippen MR) is 62.3 cm³/mol. The van der Waals surface area contributed by atoms with Gasteiger partial charge in [-0.25, -0.2) is 0 Å². The van der Waals surface area contributed by atoms with E-state index in [0.29, 0.717) is 11.5 Å². The van der Waals surface area contributed by atoms with Gasteiger partial charge < -0.3 is 11.5 Å². The van der Waals surface area contributed by atoms with Crippen LogP contribution < -0.4 is 11.5 Å². The van der Waals surface area contributed by atoms with Gasteiger partial charge in [-0.3, -0.25) is 5.10 Å². The van der Waals surface area contributed by atoms with E-state index in [1.54, 1.807) is 0 Å².